The first-order valence-corrected chi connectivity index (χ1v) is 28.8. The van der Waals surface area contributed by atoms with Gasteiger partial charge in [0.2, 0.25) is 5.75 Å². The summed E-state index contributed by atoms with van der Waals surface area (Å²) in [6.45, 7) is 2.89. The smallest absolute Gasteiger partial charge is 0.302 e. The molecule has 18 heteroatoms. The zero-order valence-corrected chi connectivity index (χ0v) is 45.4. The molecule has 14 unspecified atom stereocenters. The molecule has 3 aliphatic carbocycles. The van der Waals surface area contributed by atoms with E-state index in [0.717, 1.165) is 55.2 Å². The van der Waals surface area contributed by atoms with E-state index in [2.05, 4.69) is 66.0 Å². The van der Waals surface area contributed by atoms with Crippen molar-refractivity contribution in [1.29, 1.82) is 0 Å². The van der Waals surface area contributed by atoms with Crippen LogP contribution in [-0.2, 0) is 33.5 Å². The Morgan fingerprint density at radius 2 is 1.90 bits per heavy atom. The van der Waals surface area contributed by atoms with E-state index < -0.39 is 59.7 Å². The molecule has 3 aromatic heterocycles. The summed E-state index contributed by atoms with van der Waals surface area (Å²) in [7, 11) is 1.85. The standard InChI is InChI=1S/C62H73N9O9/c1-34(72)78-52-31-51(39-28-49(74)56(75)54(29-39)77-24-19-36-6-3-20-65-32-36)80-57-43(52)13-8-38-9-14-45-50(79-53-26-37(25-44(38)57)7-15-48(53)73)16-12-40-10-11-41-30-47-42-18-23-66-46(42)33-71(47)58-61(41,59(76)64-2)62(40,45)70-60(69-58)68-21-4-5-35-17-22-67-55(63)27-35/h3,6-7,15,17-18,20,23,26-29,32-33,38,40-41,43-45,50-52,57-59,64,66-67,73-76H,4-5,8,10-13,16,19,21-22,24-25,30-31,63H2,1-2H3,(H2,68,69,70). The molecule has 14 atom stereocenters. The van der Waals surface area contributed by atoms with Gasteiger partial charge in [0.05, 0.1) is 47.0 Å². The highest BCUT2D eigenvalue weighted by Crippen LogP contribution is 2.67. The van der Waals surface area contributed by atoms with Crippen LogP contribution < -0.4 is 36.5 Å². The molecule has 0 amide bonds. The highest BCUT2D eigenvalue weighted by molar-refractivity contribution is 5.85. The Morgan fingerprint density at radius 3 is 2.74 bits per heavy atom. The van der Waals surface area contributed by atoms with Crippen LogP contribution in [-0.4, -0.2) is 104 Å². The summed E-state index contributed by atoms with van der Waals surface area (Å²) < 4.78 is 29.3. The number of dihydropyridines is 1. The van der Waals surface area contributed by atoms with Crippen molar-refractivity contribution in [2.75, 3.05) is 26.7 Å². The zero-order chi connectivity index (χ0) is 54.9. The number of nitrogens with one attached hydrogen (secondary N) is 5. The summed E-state index contributed by atoms with van der Waals surface area (Å²) in [4.78, 5) is 26.1. The molecule has 5 fully saturated rings. The van der Waals surface area contributed by atoms with E-state index in [1.54, 1.807) is 24.5 Å². The first-order valence-electron chi connectivity index (χ1n) is 28.8. The van der Waals surface area contributed by atoms with E-state index in [1.807, 2.05) is 43.6 Å². The second-order valence-electron chi connectivity index (χ2n) is 23.6. The summed E-state index contributed by atoms with van der Waals surface area (Å²) in [5, 5.41) is 63.1. The number of H-pyrrole nitrogens is 1. The van der Waals surface area contributed by atoms with Gasteiger partial charge in [0, 0.05) is 86.5 Å². The Balaban J connectivity index is 0.914. The summed E-state index contributed by atoms with van der Waals surface area (Å²) in [5.41, 5.74) is 10.2. The molecular formula is C62H73N9O9. The maximum Gasteiger partial charge on any atom is 0.302 e. The number of hydrogen-bond donors (Lipinski definition) is 10. The number of carbonyl (C=O) groups excluding carboxylic acids is 1. The van der Waals surface area contributed by atoms with Crippen molar-refractivity contribution in [2.24, 2.45) is 51.6 Å². The number of pyridine rings is 1. The van der Waals surface area contributed by atoms with Gasteiger partial charge in [-0.2, -0.15) is 0 Å². The molecular weight excluding hydrogens is 1010 g/mol. The Kier molecular flexibility index (Phi) is 13.6. The van der Waals surface area contributed by atoms with Crippen LogP contribution in [0.1, 0.15) is 99.4 Å². The molecule has 5 aromatic rings. The number of fused-ring (bicyclic) bond motifs is 10. The molecule has 80 heavy (non-hydrogen) atoms. The van der Waals surface area contributed by atoms with E-state index in [-0.39, 0.29) is 59.2 Å². The second-order valence-corrected chi connectivity index (χ2v) is 23.6. The third-order valence-electron chi connectivity index (χ3n) is 19.4. The van der Waals surface area contributed by atoms with Gasteiger partial charge < -0.3 is 70.6 Å². The number of carbonyl (C=O) groups is 1. The van der Waals surface area contributed by atoms with Crippen molar-refractivity contribution >= 4 is 22.8 Å². The Bertz CT molecular complexity index is 3330. The molecule has 0 radical (unpaired) electrons. The average molecular weight is 1090 g/mol. The van der Waals surface area contributed by atoms with Crippen LogP contribution in [0.25, 0.3) is 10.9 Å². The number of nitrogens with two attached hydrogens (primary N) is 1. The molecule has 2 bridgehead atoms. The number of benzene rings is 2. The molecule has 1 spiro atoms. The topological polar surface area (TPSA) is 255 Å². The Labute approximate surface area is 465 Å². The van der Waals surface area contributed by atoms with E-state index in [9.17, 15) is 25.2 Å². The first kappa shape index (κ1) is 52.1. The fourth-order valence-corrected chi connectivity index (χ4v) is 16.0. The quantitative estimate of drug-likeness (QED) is 0.0207. The number of guanidine groups is 1. The highest BCUT2D eigenvalue weighted by Gasteiger charge is 2.76. The third-order valence-corrected chi connectivity index (χ3v) is 19.4. The van der Waals surface area contributed by atoms with Gasteiger partial charge in [0.1, 0.15) is 24.6 Å². The monoisotopic (exact) mass is 1090 g/mol. The van der Waals surface area contributed by atoms with E-state index >= 15 is 0 Å². The molecule has 8 heterocycles. The van der Waals surface area contributed by atoms with Crippen LogP contribution in [0.5, 0.6) is 28.7 Å². The summed E-state index contributed by atoms with van der Waals surface area (Å²) in [5.74, 6) is 7.64. The molecule has 11 N–H and O–H groups in total. The SMILES string of the molecule is CNC(O)C12C3CCC4CCC5Oc6cc(ccc6O)CC6C(C#CC5C41NC(=NCCCC1=CCNC(N)=C1)NC2n1cc2[nH]ccc2c1C3)CCC1C(OC(C)=O)CC(c2cc(O)c(O)c(OCCc3cccnc3)c2)OC61. The van der Waals surface area contributed by atoms with Crippen LogP contribution in [0.15, 0.2) is 102 Å². The molecule has 5 aliphatic heterocycles. The predicted octanol–water partition coefficient (Wildman–Crippen LogP) is 6.63. The van der Waals surface area contributed by atoms with Gasteiger partial charge in [-0.15, -0.1) is 0 Å². The van der Waals surface area contributed by atoms with Crippen molar-refractivity contribution in [3.05, 3.63) is 119 Å². The lowest BCUT2D eigenvalue weighted by molar-refractivity contribution is -0.223. The third kappa shape index (κ3) is 8.87. The molecule has 3 saturated carbocycles. The van der Waals surface area contributed by atoms with Crippen LogP contribution in [0, 0.1) is 52.8 Å². The highest BCUT2D eigenvalue weighted by atomic mass is 16.6. The average Bonchev–Trinajstić information content (AvgIpc) is 4.13. The minimum absolute atomic E-state index is 0.00630. The molecule has 2 saturated heterocycles. The Hall–Kier alpha value is -7.33. The van der Waals surface area contributed by atoms with Gasteiger partial charge in [0.15, 0.2) is 29.0 Å². The van der Waals surface area contributed by atoms with Crippen molar-refractivity contribution < 1.29 is 44.2 Å². The number of hydrogen-bond acceptors (Lipinski definition) is 14. The van der Waals surface area contributed by atoms with Crippen molar-refractivity contribution in [2.45, 2.75) is 126 Å². The van der Waals surface area contributed by atoms with Crippen LogP contribution >= 0.6 is 0 Å². The second kappa shape index (κ2) is 21.0. The van der Waals surface area contributed by atoms with Crippen molar-refractivity contribution in [3.63, 3.8) is 0 Å². The number of aliphatic hydroxyl groups excluding tert-OH is 1. The van der Waals surface area contributed by atoms with Gasteiger partial charge in [-0.1, -0.05) is 30.0 Å². The zero-order valence-electron chi connectivity index (χ0n) is 45.4. The number of allylic oxidation sites excluding steroid dienone is 2. The van der Waals surface area contributed by atoms with Gasteiger partial charge in [0.25, 0.3) is 0 Å². The van der Waals surface area contributed by atoms with Gasteiger partial charge >= 0.3 is 5.97 Å². The fourth-order valence-electron chi connectivity index (χ4n) is 16.0. The lowest BCUT2D eigenvalue weighted by Gasteiger charge is -2.72. The minimum atomic E-state index is -1.00. The number of aromatic hydroxyl groups is 3. The fraction of sp³-hybridized carbons (Fsp3) is 0.500. The number of aromatic amines is 1. The number of ether oxygens (including phenoxy) is 4. The summed E-state index contributed by atoms with van der Waals surface area (Å²) in [6.07, 6.45) is 16.6. The summed E-state index contributed by atoms with van der Waals surface area (Å²) in [6, 6.07) is 14.8. The maximum absolute atomic E-state index is 13.2. The number of aliphatic hydroxyl groups is 1. The number of rotatable bonds is 12. The van der Waals surface area contributed by atoms with E-state index in [4.69, 9.17) is 29.7 Å². The number of nitrogens with zero attached hydrogens (tertiary/aromatic N) is 3. The largest absolute Gasteiger partial charge is 0.504 e. The van der Waals surface area contributed by atoms with Gasteiger partial charge in [-0.25, -0.2) is 0 Å². The molecule has 8 aliphatic rings. The first-order chi connectivity index (χ1) is 38.9. The predicted molar refractivity (Wildman–Crippen MR) is 299 cm³/mol. The van der Waals surface area contributed by atoms with Crippen LogP contribution in [0.3, 0.4) is 0 Å². The van der Waals surface area contributed by atoms with E-state index in [0.29, 0.717) is 74.7 Å². The number of phenols is 3. The number of aromatic nitrogens is 3. The molecule has 420 valence electrons. The number of esters is 1. The van der Waals surface area contributed by atoms with Crippen LogP contribution in [0.2, 0.25) is 0 Å². The number of phenolic OH excluding ortho intramolecular Hbond substituents is 3. The van der Waals surface area contributed by atoms with Crippen molar-refractivity contribution in [3.8, 4) is 40.6 Å². The normalized spacial score (nSPS) is 32.7. The Morgan fingerprint density at radius 1 is 1.02 bits per heavy atom. The van der Waals surface area contributed by atoms with Crippen molar-refractivity contribution in [1.82, 2.24) is 35.8 Å². The molecule has 18 nitrogen and oxygen atoms in total. The van der Waals surface area contributed by atoms with Gasteiger partial charge in [-0.3, -0.25) is 20.1 Å². The van der Waals surface area contributed by atoms with E-state index in [1.165, 1.54) is 29.6 Å². The number of aliphatic imine (C=N–C) groups is 1. The summed E-state index contributed by atoms with van der Waals surface area (Å²) >= 11 is 0. The maximum atomic E-state index is 13.2. The lowest BCUT2D eigenvalue weighted by Crippen LogP contribution is -2.86. The lowest BCUT2D eigenvalue weighted by atomic mass is 9.41. The minimum Gasteiger partial charge on any atom is -0.504 e. The molecule has 2 aromatic carbocycles. The molecule has 13 rings (SSSR count). The van der Waals surface area contributed by atoms with Gasteiger partial charge in [-0.05, 0) is 148 Å². The van der Waals surface area contributed by atoms with Crippen LogP contribution in [0.4, 0.5) is 0 Å².